The minimum absolute atomic E-state index is 0.284. The highest BCUT2D eigenvalue weighted by atomic mass is 16.5. The molecule has 0 aromatic carbocycles. The molecule has 0 saturated heterocycles. The predicted octanol–water partition coefficient (Wildman–Crippen LogP) is -0.216. The molecule has 0 aromatic heterocycles. The number of ether oxygens (including phenoxy) is 2. The van der Waals surface area contributed by atoms with Gasteiger partial charge in [-0.1, -0.05) is 6.92 Å². The van der Waals surface area contributed by atoms with Crippen molar-refractivity contribution in [3.05, 3.63) is 0 Å². The molecule has 0 rings (SSSR count). The minimum Gasteiger partial charge on any atom is -0.468 e. The predicted molar refractivity (Wildman–Crippen MR) is 41.4 cm³/mol. The Kier molecular flexibility index (Phi) is 5.78. The second-order valence-electron chi connectivity index (χ2n) is 2.09. The maximum atomic E-state index is 10.9. The standard InChI is InChI=1S/C7H15NO3/c1-4-8-6(5-10-2)7(9)11-3/h6,8H,4-5H2,1-3H3. The zero-order valence-corrected chi connectivity index (χ0v) is 7.22. The highest BCUT2D eigenvalue weighted by molar-refractivity contribution is 5.75. The van der Waals surface area contributed by atoms with Crippen LogP contribution in [0.3, 0.4) is 0 Å². The van der Waals surface area contributed by atoms with Crippen molar-refractivity contribution in [3.63, 3.8) is 0 Å². The number of esters is 1. The lowest BCUT2D eigenvalue weighted by Gasteiger charge is -2.13. The summed E-state index contributed by atoms with van der Waals surface area (Å²) in [6.45, 7) is 3.00. The van der Waals surface area contributed by atoms with Crippen molar-refractivity contribution in [2.24, 2.45) is 0 Å². The first-order valence-electron chi connectivity index (χ1n) is 3.56. The zero-order chi connectivity index (χ0) is 8.69. The van der Waals surface area contributed by atoms with Crippen LogP contribution in [0.4, 0.5) is 0 Å². The average molecular weight is 161 g/mol. The van der Waals surface area contributed by atoms with Crippen LogP contribution < -0.4 is 5.32 Å². The van der Waals surface area contributed by atoms with E-state index in [2.05, 4.69) is 10.1 Å². The van der Waals surface area contributed by atoms with Crippen LogP contribution in [0.2, 0.25) is 0 Å². The van der Waals surface area contributed by atoms with Gasteiger partial charge in [0.1, 0.15) is 6.04 Å². The molecule has 0 aliphatic rings. The fraction of sp³-hybridized carbons (Fsp3) is 0.857. The molecule has 11 heavy (non-hydrogen) atoms. The Balaban J connectivity index is 3.76. The first-order valence-corrected chi connectivity index (χ1v) is 3.56. The number of nitrogens with one attached hydrogen (secondary N) is 1. The molecule has 0 saturated carbocycles. The van der Waals surface area contributed by atoms with E-state index in [9.17, 15) is 4.79 Å². The Morgan fingerprint density at radius 2 is 2.18 bits per heavy atom. The van der Waals surface area contributed by atoms with Crippen molar-refractivity contribution in [1.82, 2.24) is 5.32 Å². The largest absolute Gasteiger partial charge is 0.468 e. The van der Waals surface area contributed by atoms with Crippen molar-refractivity contribution in [2.45, 2.75) is 13.0 Å². The van der Waals surface area contributed by atoms with Crippen molar-refractivity contribution in [3.8, 4) is 0 Å². The molecule has 0 aliphatic carbocycles. The molecule has 0 spiro atoms. The third-order valence-corrected chi connectivity index (χ3v) is 1.27. The van der Waals surface area contributed by atoms with Crippen LogP contribution in [0.25, 0.3) is 0 Å². The zero-order valence-electron chi connectivity index (χ0n) is 7.22. The smallest absolute Gasteiger partial charge is 0.325 e. The highest BCUT2D eigenvalue weighted by Gasteiger charge is 2.16. The van der Waals surface area contributed by atoms with Gasteiger partial charge in [0.15, 0.2) is 0 Å². The SMILES string of the molecule is CCNC(COC)C(=O)OC. The summed E-state index contributed by atoms with van der Waals surface area (Å²) in [4.78, 5) is 10.9. The molecule has 1 atom stereocenters. The molecule has 1 unspecified atom stereocenters. The second kappa shape index (κ2) is 6.12. The van der Waals surface area contributed by atoms with Crippen molar-refractivity contribution in [2.75, 3.05) is 27.4 Å². The monoisotopic (exact) mass is 161 g/mol. The molecule has 0 radical (unpaired) electrons. The van der Waals surface area contributed by atoms with Gasteiger partial charge in [0, 0.05) is 7.11 Å². The lowest BCUT2D eigenvalue weighted by atomic mass is 10.3. The van der Waals surface area contributed by atoms with E-state index in [1.165, 1.54) is 7.11 Å². The van der Waals surface area contributed by atoms with Crippen LogP contribution in [0, 0.1) is 0 Å². The van der Waals surface area contributed by atoms with Gasteiger partial charge in [-0.15, -0.1) is 0 Å². The summed E-state index contributed by atoms with van der Waals surface area (Å²) in [5.41, 5.74) is 0. The van der Waals surface area contributed by atoms with Crippen LogP contribution in [0.5, 0.6) is 0 Å². The van der Waals surface area contributed by atoms with E-state index in [0.717, 1.165) is 6.54 Å². The fourth-order valence-corrected chi connectivity index (χ4v) is 0.766. The van der Waals surface area contributed by atoms with Crippen LogP contribution in [-0.4, -0.2) is 39.4 Å². The summed E-state index contributed by atoms with van der Waals surface area (Å²) in [5, 5.41) is 2.93. The molecular weight excluding hydrogens is 146 g/mol. The summed E-state index contributed by atoms with van der Waals surface area (Å²) < 4.78 is 9.35. The summed E-state index contributed by atoms with van der Waals surface area (Å²) in [6, 6.07) is -0.338. The number of rotatable bonds is 5. The second-order valence-corrected chi connectivity index (χ2v) is 2.09. The first kappa shape index (κ1) is 10.4. The summed E-state index contributed by atoms with van der Waals surface area (Å²) >= 11 is 0. The first-order chi connectivity index (χ1) is 5.26. The Labute approximate surface area is 66.9 Å². The fourth-order valence-electron chi connectivity index (χ4n) is 0.766. The van der Waals surface area contributed by atoms with E-state index >= 15 is 0 Å². The molecule has 0 aliphatic heterocycles. The molecular formula is C7H15NO3. The van der Waals surface area contributed by atoms with Crippen molar-refractivity contribution >= 4 is 5.97 Å². The number of likely N-dealkylation sites (N-methyl/N-ethyl adjacent to an activating group) is 1. The third-order valence-electron chi connectivity index (χ3n) is 1.27. The molecule has 4 heteroatoms. The van der Waals surface area contributed by atoms with Gasteiger partial charge in [0.2, 0.25) is 0 Å². The summed E-state index contributed by atoms with van der Waals surface area (Å²) in [5.74, 6) is -0.284. The summed E-state index contributed by atoms with van der Waals surface area (Å²) in [7, 11) is 2.91. The maximum absolute atomic E-state index is 10.9. The van der Waals surface area contributed by atoms with E-state index in [4.69, 9.17) is 4.74 Å². The number of carbonyl (C=O) groups excluding carboxylic acids is 1. The van der Waals surface area contributed by atoms with Crippen molar-refractivity contribution < 1.29 is 14.3 Å². The van der Waals surface area contributed by atoms with Gasteiger partial charge >= 0.3 is 5.97 Å². The van der Waals surface area contributed by atoms with E-state index in [1.807, 2.05) is 6.92 Å². The van der Waals surface area contributed by atoms with E-state index in [-0.39, 0.29) is 12.0 Å². The molecule has 0 heterocycles. The summed E-state index contributed by atoms with van der Waals surface area (Å²) in [6.07, 6.45) is 0. The number of carbonyl (C=O) groups is 1. The van der Waals surface area contributed by atoms with E-state index in [1.54, 1.807) is 7.11 Å². The van der Waals surface area contributed by atoms with Crippen LogP contribution in [0.15, 0.2) is 0 Å². The lowest BCUT2D eigenvalue weighted by Crippen LogP contribution is -2.40. The third kappa shape index (κ3) is 3.95. The Morgan fingerprint density at radius 1 is 1.55 bits per heavy atom. The van der Waals surface area contributed by atoms with Gasteiger partial charge in [-0.2, -0.15) is 0 Å². The van der Waals surface area contributed by atoms with Gasteiger partial charge in [-0.05, 0) is 6.54 Å². The van der Waals surface area contributed by atoms with Crippen LogP contribution in [-0.2, 0) is 14.3 Å². The Hall–Kier alpha value is -0.610. The quantitative estimate of drug-likeness (QED) is 0.566. The molecule has 0 aromatic rings. The molecule has 0 amide bonds. The van der Waals surface area contributed by atoms with Crippen LogP contribution in [0.1, 0.15) is 6.92 Å². The normalized spacial score (nSPS) is 12.6. The van der Waals surface area contributed by atoms with Gasteiger partial charge in [-0.25, -0.2) is 0 Å². The van der Waals surface area contributed by atoms with Gasteiger partial charge in [-0.3, -0.25) is 4.79 Å². The molecule has 0 fully saturated rings. The maximum Gasteiger partial charge on any atom is 0.325 e. The van der Waals surface area contributed by atoms with Crippen LogP contribution >= 0.6 is 0 Å². The number of methoxy groups -OCH3 is 2. The van der Waals surface area contributed by atoms with E-state index < -0.39 is 0 Å². The molecule has 4 nitrogen and oxygen atoms in total. The Morgan fingerprint density at radius 3 is 2.55 bits per heavy atom. The number of hydrogen-bond acceptors (Lipinski definition) is 4. The molecule has 1 N–H and O–H groups in total. The Bertz CT molecular complexity index is 110. The average Bonchev–Trinajstić information content (AvgIpc) is 2.03. The lowest BCUT2D eigenvalue weighted by molar-refractivity contribution is -0.144. The van der Waals surface area contributed by atoms with Crippen molar-refractivity contribution in [1.29, 1.82) is 0 Å². The molecule has 0 bridgehead atoms. The minimum atomic E-state index is -0.338. The van der Waals surface area contributed by atoms with Gasteiger partial charge in [0.25, 0.3) is 0 Å². The van der Waals surface area contributed by atoms with Gasteiger partial charge < -0.3 is 14.8 Å². The number of hydrogen-bond donors (Lipinski definition) is 1. The van der Waals surface area contributed by atoms with E-state index in [0.29, 0.717) is 6.61 Å². The molecule has 66 valence electrons. The highest BCUT2D eigenvalue weighted by Crippen LogP contribution is 1.87. The van der Waals surface area contributed by atoms with Gasteiger partial charge in [0.05, 0.1) is 13.7 Å². The topological polar surface area (TPSA) is 47.6 Å².